The molecule has 0 aromatic carbocycles. The molecule has 0 heterocycles. The van der Waals surface area contributed by atoms with E-state index >= 15 is 0 Å². The third-order valence-electron chi connectivity index (χ3n) is 2.55. The van der Waals surface area contributed by atoms with Crippen molar-refractivity contribution in [2.45, 2.75) is 58.0 Å². The van der Waals surface area contributed by atoms with Gasteiger partial charge in [0.2, 0.25) is 0 Å². The van der Waals surface area contributed by atoms with E-state index in [0.29, 0.717) is 5.92 Å². The van der Waals surface area contributed by atoms with E-state index in [-0.39, 0.29) is 40.0 Å². The normalized spacial score (nSPS) is 20.3. The minimum absolute atomic E-state index is 0. The van der Waals surface area contributed by atoms with Gasteiger partial charge < -0.3 is 22.1 Å². The second-order valence-corrected chi connectivity index (χ2v) is 4.34. The van der Waals surface area contributed by atoms with Crippen LogP contribution >= 0.6 is 0 Å². The Morgan fingerprint density at radius 1 is 1.15 bits per heavy atom. The molecule has 0 aliphatic heterocycles. The van der Waals surface area contributed by atoms with Crippen molar-refractivity contribution in [1.29, 1.82) is 0 Å². The van der Waals surface area contributed by atoms with Crippen LogP contribution in [0.3, 0.4) is 0 Å². The molecule has 0 radical (unpaired) electrons. The van der Waals surface area contributed by atoms with Gasteiger partial charge in [-0.1, -0.05) is 52.4 Å². The number of hydrogen-bond donors (Lipinski definition) is 0. The first-order valence-corrected chi connectivity index (χ1v) is 4.83. The van der Waals surface area contributed by atoms with Gasteiger partial charge in [-0.15, -0.1) is 5.60 Å². The molecule has 0 N–H and O–H groups in total. The third kappa shape index (κ3) is 6.31. The van der Waals surface area contributed by atoms with E-state index in [1.54, 1.807) is 0 Å². The first-order chi connectivity index (χ1) is 5.12. The van der Waals surface area contributed by atoms with Crippen molar-refractivity contribution in [1.82, 2.24) is 0 Å². The third-order valence-corrected chi connectivity index (χ3v) is 2.55. The van der Waals surface area contributed by atoms with Gasteiger partial charge in [-0.2, -0.15) is 0 Å². The topological polar surface area (TPSA) is 23.1 Å². The van der Waals surface area contributed by atoms with Gasteiger partial charge in [0.25, 0.3) is 0 Å². The maximum atomic E-state index is 11.9. The van der Waals surface area contributed by atoms with Crippen LogP contribution < -0.4 is 22.1 Å². The molecule has 13 heavy (non-hydrogen) atoms. The second kappa shape index (κ2) is 7.49. The SMILES string of the molecule is CC(C)CC1([O-])CCCCC1.[Br-].[Mg+2]. The molecule has 1 aliphatic rings. The molecule has 1 rings (SSSR count). The van der Waals surface area contributed by atoms with Crippen molar-refractivity contribution in [2.24, 2.45) is 5.92 Å². The Labute approximate surface area is 109 Å². The summed E-state index contributed by atoms with van der Waals surface area (Å²) < 4.78 is 0. The Morgan fingerprint density at radius 2 is 1.62 bits per heavy atom. The van der Waals surface area contributed by atoms with Crippen LogP contribution in [0.5, 0.6) is 0 Å². The Hall–Kier alpha value is 1.21. The largest absolute Gasteiger partial charge is 2.00 e. The van der Waals surface area contributed by atoms with Crippen LogP contribution in [-0.2, 0) is 0 Å². The molecule has 0 unspecified atom stereocenters. The molecular weight excluding hydrogens is 240 g/mol. The van der Waals surface area contributed by atoms with Gasteiger partial charge in [0, 0.05) is 0 Å². The fourth-order valence-corrected chi connectivity index (χ4v) is 2.14. The fourth-order valence-electron chi connectivity index (χ4n) is 2.14. The first kappa shape index (κ1) is 16.6. The summed E-state index contributed by atoms with van der Waals surface area (Å²) in [5, 5.41) is 11.9. The standard InChI is InChI=1S/C10H19O.BrH.Mg/c1-9(2)8-10(11)6-4-3-5-7-10;;/h9H,3-8H2,1-2H3;1H;/q-1;;+2/p-1. The number of hydrogen-bond acceptors (Lipinski definition) is 1. The molecule has 74 valence electrons. The van der Waals surface area contributed by atoms with Crippen LogP contribution in [0.4, 0.5) is 0 Å². The van der Waals surface area contributed by atoms with Gasteiger partial charge in [-0.05, 0) is 5.92 Å². The van der Waals surface area contributed by atoms with E-state index in [0.717, 1.165) is 32.1 Å². The van der Waals surface area contributed by atoms with E-state index < -0.39 is 5.60 Å². The summed E-state index contributed by atoms with van der Waals surface area (Å²) in [5.74, 6) is 0.575. The zero-order chi connectivity index (χ0) is 8.32. The summed E-state index contributed by atoms with van der Waals surface area (Å²) in [6.07, 6.45) is 6.33. The van der Waals surface area contributed by atoms with Gasteiger partial charge in [0.1, 0.15) is 0 Å². The van der Waals surface area contributed by atoms with Crippen LogP contribution in [0.15, 0.2) is 0 Å². The van der Waals surface area contributed by atoms with Crippen LogP contribution in [0.2, 0.25) is 0 Å². The molecule has 0 bridgehead atoms. The summed E-state index contributed by atoms with van der Waals surface area (Å²) in [7, 11) is 0. The molecule has 1 aliphatic carbocycles. The van der Waals surface area contributed by atoms with Gasteiger partial charge in [0.15, 0.2) is 0 Å². The summed E-state index contributed by atoms with van der Waals surface area (Å²) in [6, 6.07) is 0. The molecule has 0 spiro atoms. The van der Waals surface area contributed by atoms with Crippen molar-refractivity contribution in [3.8, 4) is 0 Å². The Balaban J connectivity index is 0. The van der Waals surface area contributed by atoms with Crippen molar-refractivity contribution in [3.63, 3.8) is 0 Å². The monoisotopic (exact) mass is 258 g/mol. The van der Waals surface area contributed by atoms with Crippen LogP contribution in [0.1, 0.15) is 52.4 Å². The van der Waals surface area contributed by atoms with Gasteiger partial charge >= 0.3 is 23.1 Å². The minimum atomic E-state index is -0.549. The van der Waals surface area contributed by atoms with E-state index in [9.17, 15) is 5.11 Å². The van der Waals surface area contributed by atoms with E-state index in [4.69, 9.17) is 0 Å². The van der Waals surface area contributed by atoms with Crippen LogP contribution in [-0.4, -0.2) is 28.7 Å². The van der Waals surface area contributed by atoms with Crippen LogP contribution in [0, 0.1) is 5.92 Å². The molecule has 0 saturated heterocycles. The predicted molar refractivity (Wildman–Crippen MR) is 51.0 cm³/mol. The number of halogens is 1. The Morgan fingerprint density at radius 3 is 2.00 bits per heavy atom. The summed E-state index contributed by atoms with van der Waals surface area (Å²) in [4.78, 5) is 0. The van der Waals surface area contributed by atoms with Crippen molar-refractivity contribution < 1.29 is 22.1 Å². The van der Waals surface area contributed by atoms with E-state index in [1.165, 1.54) is 6.42 Å². The van der Waals surface area contributed by atoms with Crippen molar-refractivity contribution in [3.05, 3.63) is 0 Å². The summed E-state index contributed by atoms with van der Waals surface area (Å²) in [5.41, 5.74) is -0.549. The maximum Gasteiger partial charge on any atom is 2.00 e. The smallest absolute Gasteiger partial charge is 1.00 e. The molecular formula is C10H19BrMgO. The quantitative estimate of drug-likeness (QED) is 0.567. The zero-order valence-electron chi connectivity index (χ0n) is 8.81. The predicted octanol–water partition coefficient (Wildman–Crippen LogP) is -1.28. The van der Waals surface area contributed by atoms with E-state index in [2.05, 4.69) is 13.8 Å². The average Bonchev–Trinajstić information content (AvgIpc) is 1.85. The fraction of sp³-hybridized carbons (Fsp3) is 1.00. The molecule has 0 aromatic rings. The molecule has 0 atom stereocenters. The van der Waals surface area contributed by atoms with Crippen molar-refractivity contribution in [2.75, 3.05) is 0 Å². The molecule has 3 heteroatoms. The molecule has 1 saturated carbocycles. The van der Waals surface area contributed by atoms with Gasteiger partial charge in [0.05, 0.1) is 0 Å². The summed E-state index contributed by atoms with van der Waals surface area (Å²) >= 11 is 0. The minimum Gasteiger partial charge on any atom is -1.00 e. The average molecular weight is 259 g/mol. The Bertz CT molecular complexity index is 122. The molecule has 0 amide bonds. The maximum absolute atomic E-state index is 11.9. The molecule has 1 nitrogen and oxygen atoms in total. The second-order valence-electron chi connectivity index (χ2n) is 4.34. The number of rotatable bonds is 2. The van der Waals surface area contributed by atoms with E-state index in [1.807, 2.05) is 0 Å². The first-order valence-electron chi connectivity index (χ1n) is 4.83. The molecule has 0 aromatic heterocycles. The zero-order valence-corrected chi connectivity index (χ0v) is 11.8. The van der Waals surface area contributed by atoms with Crippen molar-refractivity contribution >= 4 is 23.1 Å². The summed E-state index contributed by atoms with van der Waals surface area (Å²) in [6.45, 7) is 4.29. The molecule has 1 fully saturated rings. The van der Waals surface area contributed by atoms with Gasteiger partial charge in [-0.25, -0.2) is 0 Å². The van der Waals surface area contributed by atoms with Crippen LogP contribution in [0.25, 0.3) is 0 Å². The Kier molecular flexibility index (Phi) is 9.58. The van der Waals surface area contributed by atoms with Gasteiger partial charge in [-0.3, -0.25) is 0 Å².